The zero-order valence-electron chi connectivity index (χ0n) is 23.6. The molecule has 1 atom stereocenters. The van der Waals surface area contributed by atoms with E-state index in [-0.39, 0.29) is 0 Å². The third-order valence-corrected chi connectivity index (χ3v) is 8.06. The summed E-state index contributed by atoms with van der Waals surface area (Å²) in [5, 5.41) is 17.2. The van der Waals surface area contributed by atoms with Gasteiger partial charge in [0.2, 0.25) is 0 Å². The van der Waals surface area contributed by atoms with Gasteiger partial charge in [0.05, 0.1) is 29.4 Å². The van der Waals surface area contributed by atoms with E-state index in [4.69, 9.17) is 28.2 Å². The molecule has 0 radical (unpaired) electrons. The van der Waals surface area contributed by atoms with E-state index in [2.05, 4.69) is 35.1 Å². The monoisotopic (exact) mass is 587 g/mol. The number of rotatable bonds is 11. The van der Waals surface area contributed by atoms with Crippen molar-refractivity contribution >= 4 is 34.1 Å². The van der Waals surface area contributed by atoms with Gasteiger partial charge in [-0.2, -0.15) is 0 Å². The van der Waals surface area contributed by atoms with Crippen molar-refractivity contribution in [3.8, 4) is 22.3 Å². The van der Waals surface area contributed by atoms with Crippen LogP contribution in [0, 0.1) is 0 Å². The molecule has 3 aromatic carbocycles. The van der Waals surface area contributed by atoms with Gasteiger partial charge in [-0.15, -0.1) is 0 Å². The molecule has 2 N–H and O–H groups in total. The fourth-order valence-corrected chi connectivity index (χ4v) is 5.60. The van der Waals surface area contributed by atoms with E-state index in [0.29, 0.717) is 22.3 Å². The predicted octanol–water partition coefficient (Wildman–Crippen LogP) is 7.12. The number of imidazole rings is 1. The second kappa shape index (κ2) is 13.1. The molecule has 41 heavy (non-hydrogen) atoms. The lowest BCUT2D eigenvalue weighted by atomic mass is 9.89. The van der Waals surface area contributed by atoms with Gasteiger partial charge in [0.25, 0.3) is 0 Å². The Morgan fingerprint density at radius 1 is 0.927 bits per heavy atom. The molecule has 0 aliphatic carbocycles. The van der Waals surface area contributed by atoms with Crippen LogP contribution in [-0.2, 0) is 13.6 Å². The van der Waals surface area contributed by atoms with Crippen LogP contribution in [0.15, 0.2) is 79.3 Å². The molecule has 0 bridgehead atoms. The van der Waals surface area contributed by atoms with Crippen LogP contribution in [0.5, 0.6) is 0 Å². The smallest absolute Gasteiger partial charge is 0.121 e. The van der Waals surface area contributed by atoms with Gasteiger partial charge in [-0.3, -0.25) is 4.98 Å². The molecule has 5 aromatic rings. The Hall–Kier alpha value is -3.26. The van der Waals surface area contributed by atoms with E-state index in [1.807, 2.05) is 72.3 Å². The van der Waals surface area contributed by atoms with Crippen molar-refractivity contribution in [3.05, 3.63) is 106 Å². The van der Waals surface area contributed by atoms with Gasteiger partial charge < -0.3 is 19.9 Å². The molecule has 0 aliphatic rings. The average Bonchev–Trinajstić information content (AvgIpc) is 3.42. The quantitative estimate of drug-likeness (QED) is 0.161. The summed E-state index contributed by atoms with van der Waals surface area (Å²) in [6.07, 6.45) is 2.55. The largest absolute Gasteiger partial charge is 0.382 e. The number of likely N-dealkylation sites (N-methyl/N-ethyl adjacent to an activating group) is 1. The molecule has 0 saturated carbocycles. The van der Waals surface area contributed by atoms with Crippen molar-refractivity contribution in [1.82, 2.24) is 24.8 Å². The van der Waals surface area contributed by atoms with Crippen molar-refractivity contribution in [2.45, 2.75) is 26.5 Å². The number of aromatic nitrogens is 3. The van der Waals surface area contributed by atoms with Crippen LogP contribution in [0.1, 0.15) is 36.9 Å². The van der Waals surface area contributed by atoms with Crippen LogP contribution in [-0.4, -0.2) is 50.7 Å². The summed E-state index contributed by atoms with van der Waals surface area (Å²) < 4.78 is 1.83. The van der Waals surface area contributed by atoms with Crippen LogP contribution in [0.25, 0.3) is 33.2 Å². The lowest BCUT2D eigenvalue weighted by Crippen LogP contribution is -2.31. The van der Waals surface area contributed by atoms with E-state index in [1.54, 1.807) is 12.5 Å². The maximum Gasteiger partial charge on any atom is 0.121 e. The standard InChI is InChI=1S/C33H35Cl2N5O/c1-4-40(5-2)16-15-36-19-29-32(22-9-12-25(34)13-10-22)31(23-7-6-8-26(35)17-23)27-18-24(11-14-28(27)38-29)33(41)30-20-37-21-39(30)3/h6-14,17-18,20-21,33,36,41H,4-5,15-16,19H2,1-3H3. The second-order valence-electron chi connectivity index (χ2n) is 10.1. The molecule has 1 unspecified atom stereocenters. The van der Waals surface area contributed by atoms with Gasteiger partial charge in [0.15, 0.2) is 0 Å². The number of aryl methyl sites for hydroxylation is 1. The van der Waals surface area contributed by atoms with Crippen LogP contribution >= 0.6 is 23.2 Å². The maximum atomic E-state index is 11.3. The number of aliphatic hydroxyl groups excluding tert-OH is 1. The van der Waals surface area contributed by atoms with Gasteiger partial charge in [-0.05, 0) is 66.2 Å². The summed E-state index contributed by atoms with van der Waals surface area (Å²) >= 11 is 12.8. The third kappa shape index (κ3) is 6.48. The number of hydrogen-bond donors (Lipinski definition) is 2. The molecule has 2 heterocycles. The highest BCUT2D eigenvalue weighted by atomic mass is 35.5. The van der Waals surface area contributed by atoms with Gasteiger partial charge in [0, 0.05) is 53.2 Å². The van der Waals surface area contributed by atoms with Gasteiger partial charge in [0.1, 0.15) is 6.10 Å². The summed E-state index contributed by atoms with van der Waals surface area (Å²) in [5.74, 6) is 0. The Bertz CT molecular complexity index is 1630. The molecule has 8 heteroatoms. The Morgan fingerprint density at radius 2 is 1.71 bits per heavy atom. The molecule has 0 saturated heterocycles. The van der Waals surface area contributed by atoms with E-state index in [0.717, 1.165) is 70.6 Å². The lowest BCUT2D eigenvalue weighted by Gasteiger charge is -2.21. The van der Waals surface area contributed by atoms with E-state index in [9.17, 15) is 5.11 Å². The zero-order valence-corrected chi connectivity index (χ0v) is 25.1. The molecule has 2 aromatic heterocycles. The van der Waals surface area contributed by atoms with Crippen molar-refractivity contribution in [2.75, 3.05) is 26.2 Å². The Morgan fingerprint density at radius 3 is 2.39 bits per heavy atom. The topological polar surface area (TPSA) is 66.2 Å². The summed E-state index contributed by atoms with van der Waals surface area (Å²) in [6.45, 7) is 8.83. The zero-order chi connectivity index (χ0) is 28.9. The van der Waals surface area contributed by atoms with Crippen LogP contribution in [0.4, 0.5) is 0 Å². The van der Waals surface area contributed by atoms with Crippen LogP contribution in [0.2, 0.25) is 10.0 Å². The van der Waals surface area contributed by atoms with Crippen molar-refractivity contribution in [1.29, 1.82) is 0 Å². The first-order valence-electron chi connectivity index (χ1n) is 13.9. The van der Waals surface area contributed by atoms with Crippen molar-refractivity contribution < 1.29 is 5.11 Å². The maximum absolute atomic E-state index is 11.3. The molecule has 212 valence electrons. The lowest BCUT2D eigenvalue weighted by molar-refractivity contribution is 0.211. The number of pyridine rings is 1. The molecule has 0 amide bonds. The van der Waals surface area contributed by atoms with Gasteiger partial charge >= 0.3 is 0 Å². The van der Waals surface area contributed by atoms with Crippen molar-refractivity contribution in [2.24, 2.45) is 7.05 Å². The first-order valence-corrected chi connectivity index (χ1v) is 14.7. The number of benzene rings is 3. The number of nitrogens with zero attached hydrogens (tertiary/aromatic N) is 4. The van der Waals surface area contributed by atoms with Gasteiger partial charge in [-0.25, -0.2) is 4.98 Å². The molecule has 6 nitrogen and oxygen atoms in total. The van der Waals surface area contributed by atoms with E-state index < -0.39 is 6.10 Å². The number of fused-ring (bicyclic) bond motifs is 1. The minimum absolute atomic E-state index is 0.599. The molecular formula is C33H35Cl2N5O. The summed E-state index contributed by atoms with van der Waals surface area (Å²) in [7, 11) is 1.88. The Labute approximate surface area is 251 Å². The molecule has 0 aliphatic heterocycles. The molecule has 0 fully saturated rings. The highest BCUT2D eigenvalue weighted by molar-refractivity contribution is 6.31. The van der Waals surface area contributed by atoms with Crippen LogP contribution < -0.4 is 5.32 Å². The number of nitrogens with one attached hydrogen (secondary N) is 1. The number of halogens is 2. The Balaban J connectivity index is 1.70. The molecule has 0 spiro atoms. The third-order valence-electron chi connectivity index (χ3n) is 7.57. The summed E-state index contributed by atoms with van der Waals surface area (Å²) in [6, 6.07) is 21.7. The first-order chi connectivity index (χ1) is 19.9. The average molecular weight is 589 g/mol. The minimum Gasteiger partial charge on any atom is -0.382 e. The Kier molecular flexibility index (Phi) is 9.38. The predicted molar refractivity (Wildman–Crippen MR) is 169 cm³/mol. The van der Waals surface area contributed by atoms with E-state index in [1.165, 1.54) is 0 Å². The minimum atomic E-state index is -0.834. The van der Waals surface area contributed by atoms with E-state index >= 15 is 0 Å². The first kappa shape index (κ1) is 29.2. The number of hydrogen-bond acceptors (Lipinski definition) is 5. The second-order valence-corrected chi connectivity index (χ2v) is 11.0. The summed E-state index contributed by atoms with van der Waals surface area (Å²) in [5.41, 5.74) is 7.28. The highest BCUT2D eigenvalue weighted by Crippen LogP contribution is 2.41. The summed E-state index contributed by atoms with van der Waals surface area (Å²) in [4.78, 5) is 11.8. The van der Waals surface area contributed by atoms with Crippen LogP contribution in [0.3, 0.4) is 0 Å². The molecular weight excluding hydrogens is 553 g/mol. The fourth-order valence-electron chi connectivity index (χ4n) is 5.29. The SMILES string of the molecule is CCN(CC)CCNCc1nc2ccc(C(O)c3cncn3C)cc2c(-c2cccc(Cl)c2)c1-c1ccc(Cl)cc1. The number of aliphatic hydroxyl groups is 1. The van der Waals surface area contributed by atoms with Gasteiger partial charge in [-0.1, -0.05) is 67.4 Å². The normalized spacial score (nSPS) is 12.4. The fraction of sp³-hybridized carbons (Fsp3) is 0.273. The molecule has 5 rings (SSSR count). The highest BCUT2D eigenvalue weighted by Gasteiger charge is 2.21. The van der Waals surface area contributed by atoms with Crippen molar-refractivity contribution in [3.63, 3.8) is 0 Å².